The molecule has 1 saturated carbocycles. The second-order valence-electron chi connectivity index (χ2n) is 7.82. The van der Waals surface area contributed by atoms with E-state index in [1.165, 1.54) is 51.6 Å². The van der Waals surface area contributed by atoms with Crippen LogP contribution in [0.5, 0.6) is 0 Å². The minimum atomic E-state index is 0.557. The Kier molecular flexibility index (Phi) is 3.44. The summed E-state index contributed by atoms with van der Waals surface area (Å²) < 4.78 is 0. The van der Waals surface area contributed by atoms with Crippen molar-refractivity contribution in [2.24, 2.45) is 11.3 Å². The van der Waals surface area contributed by atoms with E-state index in [2.05, 4.69) is 31.0 Å². The molecule has 2 aliphatic heterocycles. The highest BCUT2D eigenvalue weighted by Crippen LogP contribution is 2.41. The number of hydrogen-bond donors (Lipinski definition) is 1. The van der Waals surface area contributed by atoms with Crippen LogP contribution in [0.1, 0.15) is 59.3 Å². The summed E-state index contributed by atoms with van der Waals surface area (Å²) in [4.78, 5) is 2.74. The fourth-order valence-electron chi connectivity index (χ4n) is 4.83. The second kappa shape index (κ2) is 4.79. The fraction of sp³-hybridized carbons (Fsp3) is 1.00. The first-order chi connectivity index (χ1) is 8.55. The summed E-state index contributed by atoms with van der Waals surface area (Å²) in [5, 5.41) is 4.04. The van der Waals surface area contributed by atoms with Crippen LogP contribution >= 0.6 is 0 Å². The van der Waals surface area contributed by atoms with Crippen LogP contribution in [0.4, 0.5) is 0 Å². The van der Waals surface area contributed by atoms with Crippen LogP contribution < -0.4 is 5.32 Å². The van der Waals surface area contributed by atoms with Gasteiger partial charge in [0.2, 0.25) is 0 Å². The molecule has 3 fully saturated rings. The first-order valence-electron chi connectivity index (χ1n) is 8.05. The molecule has 3 aliphatic rings. The maximum absolute atomic E-state index is 4.04. The topological polar surface area (TPSA) is 15.3 Å². The Balaban J connectivity index is 1.60. The van der Waals surface area contributed by atoms with Crippen LogP contribution in [-0.4, -0.2) is 36.1 Å². The molecule has 2 heteroatoms. The van der Waals surface area contributed by atoms with E-state index < -0.39 is 0 Å². The van der Waals surface area contributed by atoms with Gasteiger partial charge in [-0.15, -0.1) is 0 Å². The maximum Gasteiger partial charge on any atom is 0.0249 e. The van der Waals surface area contributed by atoms with Crippen molar-refractivity contribution in [3.8, 4) is 0 Å². The molecule has 0 amide bonds. The molecule has 0 aromatic carbocycles. The van der Waals surface area contributed by atoms with Crippen molar-refractivity contribution in [1.82, 2.24) is 10.2 Å². The molecule has 0 aromatic heterocycles. The smallest absolute Gasteiger partial charge is 0.0249 e. The second-order valence-corrected chi connectivity index (χ2v) is 7.82. The van der Waals surface area contributed by atoms with Crippen molar-refractivity contribution in [1.29, 1.82) is 0 Å². The van der Waals surface area contributed by atoms with Gasteiger partial charge >= 0.3 is 0 Å². The van der Waals surface area contributed by atoms with Crippen molar-refractivity contribution < 1.29 is 0 Å². The molecule has 2 nitrogen and oxygen atoms in total. The molecule has 104 valence electrons. The van der Waals surface area contributed by atoms with Crippen molar-refractivity contribution in [2.75, 3.05) is 13.1 Å². The highest BCUT2D eigenvalue weighted by Gasteiger charge is 2.41. The quantitative estimate of drug-likeness (QED) is 0.810. The van der Waals surface area contributed by atoms with Crippen LogP contribution in [0.3, 0.4) is 0 Å². The maximum atomic E-state index is 4.04. The number of nitrogens with zero attached hydrogens (tertiary/aromatic N) is 1. The summed E-state index contributed by atoms with van der Waals surface area (Å²) >= 11 is 0. The number of hydrogen-bond acceptors (Lipinski definition) is 2. The van der Waals surface area contributed by atoms with Gasteiger partial charge in [-0.3, -0.25) is 4.90 Å². The molecule has 2 heterocycles. The number of nitrogens with one attached hydrogen (secondary N) is 1. The molecule has 1 aliphatic carbocycles. The lowest BCUT2D eigenvalue weighted by molar-refractivity contribution is 0.173. The molecule has 2 saturated heterocycles. The van der Waals surface area contributed by atoms with Crippen LogP contribution in [0.15, 0.2) is 0 Å². The third kappa shape index (κ3) is 2.46. The molecular weight excluding hydrogens is 220 g/mol. The number of rotatable bonds is 2. The molecule has 0 radical (unpaired) electrons. The summed E-state index contributed by atoms with van der Waals surface area (Å²) in [6.07, 6.45) is 8.46. The van der Waals surface area contributed by atoms with Gasteiger partial charge in [0.1, 0.15) is 0 Å². The van der Waals surface area contributed by atoms with Crippen molar-refractivity contribution in [3.05, 3.63) is 0 Å². The van der Waals surface area contributed by atoms with E-state index in [9.17, 15) is 0 Å². The van der Waals surface area contributed by atoms with Gasteiger partial charge in [0.25, 0.3) is 0 Å². The van der Waals surface area contributed by atoms with E-state index >= 15 is 0 Å². The van der Waals surface area contributed by atoms with Gasteiger partial charge in [0, 0.05) is 24.7 Å². The minimum absolute atomic E-state index is 0.557. The van der Waals surface area contributed by atoms with Gasteiger partial charge in [-0.25, -0.2) is 0 Å². The van der Waals surface area contributed by atoms with E-state index in [0.717, 1.165) is 24.0 Å². The van der Waals surface area contributed by atoms with Crippen molar-refractivity contribution in [2.45, 2.75) is 77.4 Å². The Morgan fingerprint density at radius 2 is 1.83 bits per heavy atom. The molecule has 1 N–H and O–H groups in total. The largest absolute Gasteiger partial charge is 0.309 e. The Morgan fingerprint density at radius 3 is 2.56 bits per heavy atom. The first-order valence-corrected chi connectivity index (χ1v) is 8.05. The molecule has 4 unspecified atom stereocenters. The number of fused-ring (bicyclic) bond motifs is 1. The third-order valence-corrected chi connectivity index (χ3v) is 5.62. The zero-order valence-electron chi connectivity index (χ0n) is 12.4. The van der Waals surface area contributed by atoms with E-state index in [0.29, 0.717) is 5.41 Å². The lowest BCUT2D eigenvalue weighted by atomic mass is 9.91. The lowest BCUT2D eigenvalue weighted by Crippen LogP contribution is -2.49. The Morgan fingerprint density at radius 1 is 1.00 bits per heavy atom. The molecule has 18 heavy (non-hydrogen) atoms. The zero-order valence-corrected chi connectivity index (χ0v) is 12.4. The number of piperidine rings is 1. The third-order valence-electron chi connectivity index (χ3n) is 5.62. The van der Waals surface area contributed by atoms with Gasteiger partial charge in [-0.1, -0.05) is 27.2 Å². The highest BCUT2D eigenvalue weighted by molar-refractivity contribution is 4.99. The van der Waals surface area contributed by atoms with Crippen LogP contribution in [0.25, 0.3) is 0 Å². The van der Waals surface area contributed by atoms with E-state index in [-0.39, 0.29) is 0 Å². The summed E-state index contributed by atoms with van der Waals surface area (Å²) in [6, 6.07) is 2.41. The molecule has 0 aromatic rings. The van der Waals surface area contributed by atoms with Gasteiger partial charge < -0.3 is 5.32 Å². The van der Waals surface area contributed by atoms with Gasteiger partial charge in [0.15, 0.2) is 0 Å². The summed E-state index contributed by atoms with van der Waals surface area (Å²) in [7, 11) is 0. The molecule has 0 bridgehead atoms. The van der Waals surface area contributed by atoms with Crippen LogP contribution in [0, 0.1) is 11.3 Å². The summed E-state index contributed by atoms with van der Waals surface area (Å²) in [5.41, 5.74) is 0.557. The average Bonchev–Trinajstić information content (AvgIpc) is 2.81. The van der Waals surface area contributed by atoms with Crippen molar-refractivity contribution >= 4 is 0 Å². The van der Waals surface area contributed by atoms with Crippen LogP contribution in [0.2, 0.25) is 0 Å². The zero-order chi connectivity index (χ0) is 12.8. The Hall–Kier alpha value is -0.0800. The van der Waals surface area contributed by atoms with Gasteiger partial charge in [0.05, 0.1) is 0 Å². The molecular formula is C16H30N2. The minimum Gasteiger partial charge on any atom is -0.309 e. The van der Waals surface area contributed by atoms with Gasteiger partial charge in [-0.2, -0.15) is 0 Å². The molecule has 3 rings (SSSR count). The Bertz CT molecular complexity index is 299. The Labute approximate surface area is 113 Å². The summed E-state index contributed by atoms with van der Waals surface area (Å²) in [5.74, 6) is 0.859. The highest BCUT2D eigenvalue weighted by atomic mass is 15.2. The fourth-order valence-corrected chi connectivity index (χ4v) is 4.83. The predicted octanol–water partition coefficient (Wildman–Crippen LogP) is 3.03. The standard InChI is InChI=1S/C16H30N2/c1-12-10-16(2,3)11-14(12)17-13-7-9-18-8-5-4-6-15(13)18/h12-15,17H,4-11H2,1-3H3. The molecule has 4 atom stereocenters. The van der Waals surface area contributed by atoms with E-state index in [4.69, 9.17) is 0 Å². The van der Waals surface area contributed by atoms with Gasteiger partial charge in [-0.05, 0) is 50.0 Å². The monoisotopic (exact) mass is 250 g/mol. The first kappa shape index (κ1) is 12.9. The average molecular weight is 250 g/mol. The summed E-state index contributed by atoms with van der Waals surface area (Å²) in [6.45, 7) is 10.0. The molecule has 0 spiro atoms. The SMILES string of the molecule is CC1CC(C)(C)CC1NC1CCN2CCCCC12. The van der Waals surface area contributed by atoms with Crippen LogP contribution in [-0.2, 0) is 0 Å². The van der Waals surface area contributed by atoms with Crippen molar-refractivity contribution in [3.63, 3.8) is 0 Å². The predicted molar refractivity (Wildman–Crippen MR) is 76.7 cm³/mol. The lowest BCUT2D eigenvalue weighted by Gasteiger charge is -2.34. The van der Waals surface area contributed by atoms with E-state index in [1.54, 1.807) is 0 Å². The van der Waals surface area contributed by atoms with E-state index in [1.807, 2.05) is 0 Å². The normalized spacial score (nSPS) is 44.2.